The van der Waals surface area contributed by atoms with Crippen LogP contribution in [0.2, 0.25) is 0 Å². The Bertz CT molecular complexity index is 2450. The molecule has 2 heterocycles. The van der Waals surface area contributed by atoms with Gasteiger partial charge in [-0.3, -0.25) is 4.99 Å². The molecule has 0 saturated carbocycles. The van der Waals surface area contributed by atoms with Gasteiger partial charge in [-0.15, -0.1) is 6.58 Å². The maximum absolute atomic E-state index is 5.53. The largest absolute Gasteiger partial charge is 0.325 e. The standard InChI is InChI=1S/C52H52N4/c1-9-16-34(5)22-23-37(8)50-54-51(56-52(55-50)48(35(6)10-2)47(33(3)4)43-19-12-11-17-36(43)7)44-20-15-18-42-31-41-29-28-40(32-45(41)49(42)44)38-24-26-39(27-25-38)46-21-13-14-30-53-46/h9-15,17-20,22-30,32,46,52H,1-2,16,21,31H2,3-8H3,(H,54,55,56)/b34-22?,37-23+,48-35+. The predicted molar refractivity (Wildman–Crippen MR) is 241 cm³/mol. The number of aliphatic imine (C=N–C) groups is 3. The van der Waals surface area contributed by atoms with Crippen LogP contribution in [0.4, 0.5) is 0 Å². The van der Waals surface area contributed by atoms with Crippen LogP contribution in [0.25, 0.3) is 27.8 Å². The van der Waals surface area contributed by atoms with Crippen LogP contribution in [0.5, 0.6) is 0 Å². The van der Waals surface area contributed by atoms with Gasteiger partial charge in [0, 0.05) is 17.4 Å². The molecule has 2 atom stereocenters. The number of nitrogens with one attached hydrogen (secondary N) is 1. The first kappa shape index (κ1) is 38.2. The Hall–Kier alpha value is -6.13. The second kappa shape index (κ2) is 16.7. The first-order valence-electron chi connectivity index (χ1n) is 19.7. The summed E-state index contributed by atoms with van der Waals surface area (Å²) in [6, 6.07) is 31.2. The van der Waals surface area contributed by atoms with E-state index in [9.17, 15) is 0 Å². The summed E-state index contributed by atoms with van der Waals surface area (Å²) in [4.78, 5) is 15.6. The van der Waals surface area contributed by atoms with E-state index in [1.165, 1.54) is 61.2 Å². The number of rotatable bonds is 11. The summed E-state index contributed by atoms with van der Waals surface area (Å²) < 4.78 is 0. The normalized spacial score (nSPS) is 17.9. The molecule has 0 spiro atoms. The number of aryl methyl sites for hydroxylation is 1. The zero-order valence-electron chi connectivity index (χ0n) is 33.7. The number of fused-ring (bicyclic) bond motifs is 3. The maximum Gasteiger partial charge on any atom is 0.170 e. The highest BCUT2D eigenvalue weighted by molar-refractivity contribution is 6.18. The highest BCUT2D eigenvalue weighted by Gasteiger charge is 2.30. The molecule has 4 heteroatoms. The molecule has 1 aliphatic carbocycles. The molecule has 3 aliphatic rings. The molecule has 4 nitrogen and oxygen atoms in total. The van der Waals surface area contributed by atoms with Crippen molar-refractivity contribution >= 4 is 23.5 Å². The van der Waals surface area contributed by atoms with Gasteiger partial charge in [-0.25, -0.2) is 9.98 Å². The van der Waals surface area contributed by atoms with Crippen LogP contribution in [0.1, 0.15) is 86.9 Å². The number of allylic oxidation sites excluding steroid dienone is 8. The average Bonchev–Trinajstić information content (AvgIpc) is 3.60. The number of benzene rings is 4. The Morgan fingerprint density at radius 2 is 1.61 bits per heavy atom. The van der Waals surface area contributed by atoms with Crippen molar-refractivity contribution in [3.05, 3.63) is 196 Å². The van der Waals surface area contributed by atoms with Gasteiger partial charge in [0.15, 0.2) is 6.17 Å². The Morgan fingerprint density at radius 3 is 2.32 bits per heavy atom. The molecule has 4 aromatic rings. The molecule has 4 aromatic carbocycles. The quantitative estimate of drug-likeness (QED) is 0.107. The lowest BCUT2D eigenvalue weighted by Crippen LogP contribution is -2.38. The fourth-order valence-corrected chi connectivity index (χ4v) is 7.95. The van der Waals surface area contributed by atoms with Crippen molar-refractivity contribution in [3.63, 3.8) is 0 Å². The zero-order valence-corrected chi connectivity index (χ0v) is 33.7. The van der Waals surface area contributed by atoms with Crippen LogP contribution in [0, 0.1) is 6.92 Å². The molecule has 280 valence electrons. The van der Waals surface area contributed by atoms with Gasteiger partial charge in [-0.05, 0) is 140 Å². The highest BCUT2D eigenvalue weighted by Crippen LogP contribution is 2.42. The smallest absolute Gasteiger partial charge is 0.170 e. The monoisotopic (exact) mass is 732 g/mol. The third kappa shape index (κ3) is 7.83. The second-order valence-electron chi connectivity index (χ2n) is 15.3. The molecule has 0 saturated heterocycles. The summed E-state index contributed by atoms with van der Waals surface area (Å²) in [6.07, 6.45) is 16.4. The topological polar surface area (TPSA) is 49.1 Å². The summed E-state index contributed by atoms with van der Waals surface area (Å²) in [5.74, 6) is 1.62. The van der Waals surface area contributed by atoms with Crippen LogP contribution in [0.3, 0.4) is 0 Å². The number of hydrogen-bond acceptors (Lipinski definition) is 4. The van der Waals surface area contributed by atoms with Gasteiger partial charge in [-0.2, -0.15) is 0 Å². The van der Waals surface area contributed by atoms with Crippen molar-refractivity contribution < 1.29 is 0 Å². The predicted octanol–water partition coefficient (Wildman–Crippen LogP) is 12.8. The summed E-state index contributed by atoms with van der Waals surface area (Å²) in [5, 5.41) is 3.73. The van der Waals surface area contributed by atoms with Gasteiger partial charge in [0.05, 0.1) is 6.04 Å². The van der Waals surface area contributed by atoms with Gasteiger partial charge in [-0.1, -0.05) is 127 Å². The lowest BCUT2D eigenvalue weighted by molar-refractivity contribution is 0.741. The van der Waals surface area contributed by atoms with E-state index in [0.29, 0.717) is 0 Å². The Balaban J connectivity index is 1.35. The van der Waals surface area contributed by atoms with Crippen molar-refractivity contribution in [2.75, 3.05) is 0 Å². The number of hydrogen-bond donors (Lipinski definition) is 1. The minimum absolute atomic E-state index is 0.186. The molecule has 0 fully saturated rings. The Morgan fingerprint density at radius 1 is 0.821 bits per heavy atom. The molecule has 0 aromatic heterocycles. The third-order valence-corrected chi connectivity index (χ3v) is 11.0. The van der Waals surface area contributed by atoms with E-state index in [2.05, 4.69) is 168 Å². The van der Waals surface area contributed by atoms with Crippen LogP contribution >= 0.6 is 0 Å². The fraction of sp³-hybridized carbons (Fsp3) is 0.212. The highest BCUT2D eigenvalue weighted by atomic mass is 15.2. The second-order valence-corrected chi connectivity index (χ2v) is 15.3. The number of dihydropyridines is 1. The van der Waals surface area contributed by atoms with E-state index in [1.54, 1.807) is 0 Å². The number of amidine groups is 2. The lowest BCUT2D eigenvalue weighted by atomic mass is 9.86. The first-order chi connectivity index (χ1) is 27.2. The van der Waals surface area contributed by atoms with Crippen LogP contribution in [0.15, 0.2) is 177 Å². The molecule has 56 heavy (non-hydrogen) atoms. The lowest BCUT2D eigenvalue weighted by Gasteiger charge is -2.28. The Kier molecular flexibility index (Phi) is 11.4. The summed E-state index contributed by atoms with van der Waals surface area (Å²) in [6.45, 7) is 21.1. The average molecular weight is 733 g/mol. The molecule has 1 N–H and O–H groups in total. The molecular weight excluding hydrogens is 681 g/mol. The zero-order chi connectivity index (χ0) is 39.3. The molecule has 7 rings (SSSR count). The van der Waals surface area contributed by atoms with Crippen molar-refractivity contribution in [1.82, 2.24) is 5.32 Å². The molecular formula is C52H52N4. The SMILES string of the molecule is C=CCC(C)=C/C=C(\C)C1=NC(/C(C(=C(C)C)c2ccccc2C)=C(\C)C=C)N=C(c2cccc3c2-c2cc(-c4ccc(C5CC=CC=N5)cc4)ccc2C3)N1. The molecule has 0 radical (unpaired) electrons. The van der Waals surface area contributed by atoms with Crippen LogP contribution in [-0.2, 0) is 6.42 Å². The molecule has 2 unspecified atom stereocenters. The van der Waals surface area contributed by atoms with Crippen molar-refractivity contribution in [2.24, 2.45) is 15.0 Å². The van der Waals surface area contributed by atoms with Crippen LogP contribution in [-0.4, -0.2) is 24.1 Å². The van der Waals surface area contributed by atoms with E-state index in [0.717, 1.165) is 58.8 Å². The molecule has 2 aliphatic heterocycles. The van der Waals surface area contributed by atoms with Gasteiger partial charge in [0.25, 0.3) is 0 Å². The Labute approximate surface area is 333 Å². The minimum atomic E-state index is -0.504. The van der Waals surface area contributed by atoms with Crippen molar-refractivity contribution in [2.45, 2.75) is 73.0 Å². The minimum Gasteiger partial charge on any atom is -0.325 e. The third-order valence-electron chi connectivity index (χ3n) is 11.0. The summed E-state index contributed by atoms with van der Waals surface area (Å²) in [7, 11) is 0. The summed E-state index contributed by atoms with van der Waals surface area (Å²) in [5.41, 5.74) is 19.0. The van der Waals surface area contributed by atoms with E-state index < -0.39 is 6.17 Å². The first-order valence-corrected chi connectivity index (χ1v) is 19.7. The summed E-state index contributed by atoms with van der Waals surface area (Å²) >= 11 is 0. The van der Waals surface area contributed by atoms with E-state index in [1.807, 2.05) is 24.4 Å². The van der Waals surface area contributed by atoms with Gasteiger partial charge < -0.3 is 5.32 Å². The molecule has 0 amide bonds. The van der Waals surface area contributed by atoms with Crippen molar-refractivity contribution in [1.29, 1.82) is 0 Å². The van der Waals surface area contributed by atoms with Crippen molar-refractivity contribution in [3.8, 4) is 22.3 Å². The van der Waals surface area contributed by atoms with Gasteiger partial charge >= 0.3 is 0 Å². The van der Waals surface area contributed by atoms with E-state index in [4.69, 9.17) is 9.98 Å². The fourth-order valence-electron chi connectivity index (χ4n) is 7.95. The van der Waals surface area contributed by atoms with E-state index >= 15 is 0 Å². The number of nitrogens with zero attached hydrogens (tertiary/aromatic N) is 3. The maximum atomic E-state index is 5.53. The van der Waals surface area contributed by atoms with Gasteiger partial charge in [0.2, 0.25) is 0 Å². The van der Waals surface area contributed by atoms with Gasteiger partial charge in [0.1, 0.15) is 11.7 Å². The van der Waals surface area contributed by atoms with E-state index in [-0.39, 0.29) is 6.04 Å². The molecule has 0 bridgehead atoms. The van der Waals surface area contributed by atoms with Crippen LogP contribution < -0.4 is 5.32 Å².